The summed E-state index contributed by atoms with van der Waals surface area (Å²) in [5.74, 6) is 0. The summed E-state index contributed by atoms with van der Waals surface area (Å²) in [6.07, 6.45) is 1.44. The molecule has 56 valence electrons. The zero-order chi connectivity index (χ0) is 6.41. The first-order valence-corrected chi connectivity index (χ1v) is 9.74. The molecule has 0 aliphatic carbocycles. The van der Waals surface area contributed by atoms with E-state index in [2.05, 4.69) is 20.8 Å². The predicted octanol–water partition coefficient (Wildman–Crippen LogP) is -0.0650. The van der Waals surface area contributed by atoms with Gasteiger partial charge >= 0.3 is 60.3 Å². The number of rotatable bonds is 4. The third kappa shape index (κ3) is 6.98. The van der Waals surface area contributed by atoms with Gasteiger partial charge in [0.25, 0.3) is 0 Å². The number of hydrogen-bond acceptors (Lipinski definition) is 0. The fraction of sp³-hybridized carbons (Fsp3) is 1.00. The van der Waals surface area contributed by atoms with Gasteiger partial charge in [0.2, 0.25) is 0 Å². The molecule has 0 saturated carbocycles. The van der Waals surface area contributed by atoms with E-state index in [0.29, 0.717) is 0 Å². The number of halogens is 1. The predicted molar refractivity (Wildman–Crippen MR) is 41.8 cm³/mol. The van der Waals surface area contributed by atoms with Crippen molar-refractivity contribution in [3.63, 3.8) is 0 Å². The van der Waals surface area contributed by atoms with Crippen LogP contribution < -0.4 is 12.4 Å². The van der Waals surface area contributed by atoms with Crippen molar-refractivity contribution in [1.82, 2.24) is 0 Å². The molecule has 0 rings (SSSR count). The minimum absolute atomic E-state index is 0. The Hall–Kier alpha value is 1.09. The maximum atomic E-state index is 2.37. The minimum atomic E-state index is -0.688. The van der Waals surface area contributed by atoms with E-state index in [1.54, 1.807) is 13.3 Å². The second-order valence-electron chi connectivity index (χ2n) is 2.21. The normalized spacial score (nSPS) is 8.33. The van der Waals surface area contributed by atoms with Crippen LogP contribution in [0.15, 0.2) is 0 Å². The summed E-state index contributed by atoms with van der Waals surface area (Å²) in [5.41, 5.74) is 0. The molecule has 0 amide bonds. The van der Waals surface area contributed by atoms with Crippen molar-refractivity contribution in [1.29, 1.82) is 0 Å². The minimum Gasteiger partial charge on any atom is -1.00 e. The smallest absolute Gasteiger partial charge is 1.00 e. The van der Waals surface area contributed by atoms with Crippen LogP contribution in [-0.4, -0.2) is 19.8 Å². The molecule has 0 fully saturated rings. The molecule has 0 nitrogen and oxygen atoms in total. The van der Waals surface area contributed by atoms with Crippen LogP contribution in [-0.2, 0) is 0 Å². The molecule has 2 heteroatoms. The largest absolute Gasteiger partial charge is 1.00 e. The molecule has 0 unspecified atom stereocenters. The van der Waals surface area contributed by atoms with Crippen LogP contribution >= 0.6 is 0 Å². The zero-order valence-electron chi connectivity index (χ0n) is 6.71. The zero-order valence-corrected chi connectivity index (χ0v) is 10.3. The van der Waals surface area contributed by atoms with Crippen LogP contribution in [0.5, 0.6) is 0 Å². The molecular weight excluding hydrogens is 238 g/mol. The van der Waals surface area contributed by atoms with Gasteiger partial charge in [-0.3, -0.25) is 0 Å². The molecule has 0 bridgehead atoms. The molecule has 0 N–H and O–H groups in total. The van der Waals surface area contributed by atoms with Crippen molar-refractivity contribution >= 4 is 19.8 Å². The van der Waals surface area contributed by atoms with Gasteiger partial charge in [-0.2, -0.15) is 0 Å². The number of hydrogen-bond donors (Lipinski definition) is 0. The molecule has 0 aromatic carbocycles. The van der Waals surface area contributed by atoms with Crippen molar-refractivity contribution in [3.05, 3.63) is 0 Å². The van der Waals surface area contributed by atoms with Crippen molar-refractivity contribution in [2.45, 2.75) is 40.5 Å². The van der Waals surface area contributed by atoms with E-state index in [-0.39, 0.29) is 12.4 Å². The van der Waals surface area contributed by atoms with Crippen LogP contribution in [0.3, 0.4) is 0 Å². The van der Waals surface area contributed by atoms with Gasteiger partial charge in [0.05, 0.1) is 0 Å². The third-order valence-electron chi connectivity index (χ3n) is 1.60. The van der Waals surface area contributed by atoms with E-state index >= 15 is 0 Å². The Bertz CT molecular complexity index is 44.2. The fourth-order valence-corrected chi connectivity index (χ4v) is 6.42. The van der Waals surface area contributed by atoms with Gasteiger partial charge < -0.3 is 12.4 Å². The standard InChI is InChI=1S/C3H7.2C2H5.ClH.Sn/c1-3-2;2*1-2;;/h1,3H2,2H3;2*1H2,2H3;1H;/q;;;;+1/p-1. The second-order valence-corrected chi connectivity index (χ2v) is 12.0. The SMILES string of the molecule is CC[CH2][Sn+]([CH2]C)[CH2]C.[Cl-]. The molecule has 0 radical (unpaired) electrons. The van der Waals surface area contributed by atoms with Crippen molar-refractivity contribution in [2.75, 3.05) is 0 Å². The van der Waals surface area contributed by atoms with Crippen LogP contribution in [0.2, 0.25) is 13.3 Å². The average Bonchev–Trinajstić information content (AvgIpc) is 1.83. The van der Waals surface area contributed by atoms with E-state index in [9.17, 15) is 0 Å². The first kappa shape index (κ1) is 12.7. The van der Waals surface area contributed by atoms with Gasteiger partial charge in [0.1, 0.15) is 0 Å². The quantitative estimate of drug-likeness (QED) is 0.617. The summed E-state index contributed by atoms with van der Waals surface area (Å²) in [7, 11) is 0. The monoisotopic (exact) mass is 256 g/mol. The maximum Gasteiger partial charge on any atom is -1.00 e. The molecular formula is C7H17ClSn. The van der Waals surface area contributed by atoms with Gasteiger partial charge in [-0.15, -0.1) is 0 Å². The van der Waals surface area contributed by atoms with Crippen molar-refractivity contribution in [3.8, 4) is 0 Å². The maximum absolute atomic E-state index is 2.37. The third-order valence-corrected chi connectivity index (χ3v) is 10.8. The van der Waals surface area contributed by atoms with Gasteiger partial charge in [-0.25, -0.2) is 0 Å². The fourth-order valence-electron chi connectivity index (χ4n) is 0.957. The summed E-state index contributed by atoms with van der Waals surface area (Å²) in [6.45, 7) is 7.05. The van der Waals surface area contributed by atoms with E-state index in [0.717, 1.165) is 0 Å². The molecule has 0 aromatic heterocycles. The Balaban J connectivity index is 0. The van der Waals surface area contributed by atoms with E-state index < -0.39 is 19.8 Å². The van der Waals surface area contributed by atoms with Crippen molar-refractivity contribution in [2.24, 2.45) is 0 Å². The first-order valence-electron chi connectivity index (χ1n) is 3.68. The van der Waals surface area contributed by atoms with E-state index in [1.165, 1.54) is 6.42 Å². The molecule has 0 aliphatic heterocycles. The molecule has 0 aromatic rings. The van der Waals surface area contributed by atoms with Gasteiger partial charge in [0, 0.05) is 0 Å². The van der Waals surface area contributed by atoms with Gasteiger partial charge in [0.15, 0.2) is 0 Å². The Labute approximate surface area is 72.6 Å². The Morgan fingerprint density at radius 2 is 1.44 bits per heavy atom. The summed E-state index contributed by atoms with van der Waals surface area (Å²) < 4.78 is 4.74. The van der Waals surface area contributed by atoms with Crippen LogP contribution in [0.25, 0.3) is 0 Å². The Morgan fingerprint density at radius 3 is 1.56 bits per heavy atom. The van der Waals surface area contributed by atoms with Crippen LogP contribution in [0.4, 0.5) is 0 Å². The molecule has 0 aliphatic rings. The summed E-state index contributed by atoms with van der Waals surface area (Å²) in [4.78, 5) is 0. The molecule has 0 saturated heterocycles. The average molecular weight is 255 g/mol. The van der Waals surface area contributed by atoms with Crippen LogP contribution in [0.1, 0.15) is 27.2 Å². The van der Waals surface area contributed by atoms with Crippen molar-refractivity contribution < 1.29 is 12.4 Å². The summed E-state index contributed by atoms with van der Waals surface area (Å²) >= 11 is -0.688. The Kier molecular flexibility index (Phi) is 12.9. The van der Waals surface area contributed by atoms with Gasteiger partial charge in [-0.1, -0.05) is 0 Å². The molecule has 0 heterocycles. The van der Waals surface area contributed by atoms with Crippen LogP contribution in [0, 0.1) is 0 Å². The first-order chi connectivity index (χ1) is 3.85. The topological polar surface area (TPSA) is 0 Å². The molecule has 0 atom stereocenters. The van der Waals surface area contributed by atoms with Gasteiger partial charge in [-0.05, 0) is 0 Å². The second kappa shape index (κ2) is 9.09. The Morgan fingerprint density at radius 1 is 1.00 bits per heavy atom. The molecule has 9 heavy (non-hydrogen) atoms. The summed E-state index contributed by atoms with van der Waals surface area (Å²) in [6, 6.07) is 0. The van der Waals surface area contributed by atoms with E-state index in [1.807, 2.05) is 0 Å². The summed E-state index contributed by atoms with van der Waals surface area (Å²) in [5, 5.41) is 0. The van der Waals surface area contributed by atoms with E-state index in [4.69, 9.17) is 0 Å². The molecule has 0 spiro atoms.